The van der Waals surface area contributed by atoms with Crippen LogP contribution in [0, 0.1) is 0 Å². The van der Waals surface area contributed by atoms with Crippen molar-refractivity contribution >= 4 is 18.0 Å². The fraction of sp³-hybridized carbons (Fsp3) is 0.318. The van der Waals surface area contributed by atoms with Crippen LogP contribution in [0.5, 0.6) is 0 Å². The van der Waals surface area contributed by atoms with Crippen LogP contribution in [-0.2, 0) is 14.3 Å². The molecule has 0 aromatic heterocycles. The molecule has 0 heterocycles. The number of carboxylic acid groups (broad SMARTS) is 1. The molecular formula is C22H23N5O5. The molecule has 0 saturated heterocycles. The minimum absolute atomic E-state index is 0.0405. The lowest BCUT2D eigenvalue weighted by Gasteiger charge is -2.19. The number of hydrogen-bond acceptors (Lipinski definition) is 5. The Balaban J connectivity index is 1.62. The number of carbonyl (C=O) groups is 3. The van der Waals surface area contributed by atoms with Crippen LogP contribution >= 0.6 is 0 Å². The van der Waals surface area contributed by atoms with E-state index in [1.807, 2.05) is 48.5 Å². The van der Waals surface area contributed by atoms with Gasteiger partial charge in [0.1, 0.15) is 12.6 Å². The zero-order chi connectivity index (χ0) is 22.9. The monoisotopic (exact) mass is 437 g/mol. The van der Waals surface area contributed by atoms with Gasteiger partial charge in [0, 0.05) is 30.3 Å². The van der Waals surface area contributed by atoms with Gasteiger partial charge in [0.2, 0.25) is 5.91 Å². The molecule has 2 amide bonds. The second kappa shape index (κ2) is 10.8. The molecule has 0 fully saturated rings. The molecule has 2 aromatic carbocycles. The lowest BCUT2D eigenvalue weighted by molar-refractivity contribution is -0.137. The molecule has 1 unspecified atom stereocenters. The number of nitrogens with one attached hydrogen (secondary N) is 2. The summed E-state index contributed by atoms with van der Waals surface area (Å²) in [6.45, 7) is 0.182. The van der Waals surface area contributed by atoms with Crippen molar-refractivity contribution in [1.82, 2.24) is 10.6 Å². The first-order chi connectivity index (χ1) is 15.5. The molecule has 166 valence electrons. The topological polar surface area (TPSA) is 153 Å². The van der Waals surface area contributed by atoms with Crippen molar-refractivity contribution in [3.63, 3.8) is 0 Å². The lowest BCUT2D eigenvalue weighted by atomic mass is 9.98. The first-order valence-corrected chi connectivity index (χ1v) is 10.1. The molecule has 0 aliphatic heterocycles. The van der Waals surface area contributed by atoms with Crippen molar-refractivity contribution in [1.29, 1.82) is 0 Å². The van der Waals surface area contributed by atoms with E-state index in [0.29, 0.717) is 0 Å². The summed E-state index contributed by atoms with van der Waals surface area (Å²) in [6, 6.07) is 14.7. The number of amides is 2. The first-order valence-electron chi connectivity index (χ1n) is 10.1. The van der Waals surface area contributed by atoms with E-state index in [9.17, 15) is 14.4 Å². The lowest BCUT2D eigenvalue weighted by Crippen LogP contribution is -2.47. The van der Waals surface area contributed by atoms with Crippen LogP contribution in [0.25, 0.3) is 21.6 Å². The zero-order valence-electron chi connectivity index (χ0n) is 17.2. The highest BCUT2D eigenvalue weighted by atomic mass is 16.5. The first kappa shape index (κ1) is 22.6. The Hall–Kier alpha value is -4.04. The Morgan fingerprint density at radius 3 is 2.31 bits per heavy atom. The third-order valence-corrected chi connectivity index (χ3v) is 5.17. The minimum Gasteiger partial charge on any atom is -0.481 e. The van der Waals surface area contributed by atoms with Crippen LogP contribution in [0.3, 0.4) is 0 Å². The van der Waals surface area contributed by atoms with Gasteiger partial charge in [-0.2, -0.15) is 0 Å². The number of azide groups is 1. The Morgan fingerprint density at radius 2 is 1.72 bits per heavy atom. The molecule has 3 N–H and O–H groups in total. The van der Waals surface area contributed by atoms with Crippen molar-refractivity contribution in [3.8, 4) is 11.1 Å². The third-order valence-electron chi connectivity index (χ3n) is 5.17. The highest BCUT2D eigenvalue weighted by molar-refractivity contribution is 5.86. The molecule has 1 aliphatic rings. The molecule has 0 spiro atoms. The molecule has 32 heavy (non-hydrogen) atoms. The Bertz CT molecular complexity index is 1010. The van der Waals surface area contributed by atoms with Gasteiger partial charge < -0.3 is 20.5 Å². The molecule has 10 nitrogen and oxygen atoms in total. The second-order valence-corrected chi connectivity index (χ2v) is 7.20. The molecule has 10 heteroatoms. The minimum atomic E-state index is -1.09. The predicted octanol–water partition coefficient (Wildman–Crippen LogP) is 3.19. The van der Waals surface area contributed by atoms with Crippen molar-refractivity contribution in [3.05, 3.63) is 70.1 Å². The summed E-state index contributed by atoms with van der Waals surface area (Å²) in [4.78, 5) is 38.3. The fourth-order valence-electron chi connectivity index (χ4n) is 3.72. The van der Waals surface area contributed by atoms with E-state index in [1.165, 1.54) is 0 Å². The van der Waals surface area contributed by atoms with E-state index in [1.54, 1.807) is 0 Å². The summed E-state index contributed by atoms with van der Waals surface area (Å²) in [7, 11) is 0. The Labute approximate surface area is 184 Å². The average molecular weight is 437 g/mol. The van der Waals surface area contributed by atoms with Gasteiger partial charge in [-0.25, -0.2) is 4.79 Å². The van der Waals surface area contributed by atoms with Gasteiger partial charge in [-0.15, -0.1) is 0 Å². The van der Waals surface area contributed by atoms with Gasteiger partial charge in [0.15, 0.2) is 0 Å². The highest BCUT2D eigenvalue weighted by Gasteiger charge is 2.29. The second-order valence-electron chi connectivity index (χ2n) is 7.20. The molecule has 0 radical (unpaired) electrons. The van der Waals surface area contributed by atoms with Crippen LogP contribution in [0.2, 0.25) is 0 Å². The number of carbonyl (C=O) groups excluding carboxylic acids is 2. The van der Waals surface area contributed by atoms with Crippen molar-refractivity contribution < 1.29 is 24.2 Å². The SMILES string of the molecule is [N-]=[N+]=NCCNC(=O)C(CCC(=O)O)NC(=O)OCC1c2ccccc2-c2ccccc21. The Morgan fingerprint density at radius 1 is 1.09 bits per heavy atom. The van der Waals surface area contributed by atoms with Gasteiger partial charge in [-0.3, -0.25) is 9.59 Å². The predicted molar refractivity (Wildman–Crippen MR) is 116 cm³/mol. The van der Waals surface area contributed by atoms with Crippen molar-refractivity contribution in [2.45, 2.75) is 24.8 Å². The number of alkyl carbamates (subject to hydrolysis) is 1. The van der Waals surface area contributed by atoms with E-state index in [4.69, 9.17) is 15.4 Å². The molecule has 1 aliphatic carbocycles. The quantitative estimate of drug-likeness (QED) is 0.225. The van der Waals surface area contributed by atoms with E-state index in [2.05, 4.69) is 20.7 Å². The van der Waals surface area contributed by atoms with Gasteiger partial charge in [0.25, 0.3) is 0 Å². The van der Waals surface area contributed by atoms with Gasteiger partial charge >= 0.3 is 12.1 Å². The number of fused-ring (bicyclic) bond motifs is 3. The summed E-state index contributed by atoms with van der Waals surface area (Å²) in [6.07, 6.45) is -1.22. The van der Waals surface area contributed by atoms with Crippen molar-refractivity contribution in [2.75, 3.05) is 19.7 Å². The van der Waals surface area contributed by atoms with Crippen LogP contribution < -0.4 is 10.6 Å². The van der Waals surface area contributed by atoms with E-state index in [0.717, 1.165) is 22.3 Å². The maximum Gasteiger partial charge on any atom is 0.407 e. The van der Waals surface area contributed by atoms with Crippen LogP contribution in [0.15, 0.2) is 53.6 Å². The number of benzene rings is 2. The highest BCUT2D eigenvalue weighted by Crippen LogP contribution is 2.44. The summed E-state index contributed by atoms with van der Waals surface area (Å²) in [5.74, 6) is -1.80. The maximum absolute atomic E-state index is 12.4. The Kier molecular flexibility index (Phi) is 7.66. The molecule has 1 atom stereocenters. The van der Waals surface area contributed by atoms with Crippen molar-refractivity contribution in [2.24, 2.45) is 5.11 Å². The van der Waals surface area contributed by atoms with Crippen LogP contribution in [0.4, 0.5) is 4.79 Å². The summed E-state index contributed by atoms with van der Waals surface area (Å²) in [5, 5.41) is 17.2. The van der Waals surface area contributed by atoms with Crippen LogP contribution in [-0.4, -0.2) is 48.8 Å². The number of rotatable bonds is 10. The van der Waals surface area contributed by atoms with Gasteiger partial charge in [0.05, 0.1) is 0 Å². The standard InChI is InChI=1S/C22H23N5O5/c23-27-25-12-11-24-21(30)19(9-10-20(28)29)26-22(31)32-13-18-16-7-3-1-5-14(16)15-6-2-4-8-17(15)18/h1-8,18-19H,9-13H2,(H,24,30)(H,26,31)(H,28,29). The van der Waals surface area contributed by atoms with Crippen LogP contribution in [0.1, 0.15) is 29.9 Å². The normalized spacial score (nSPS) is 12.6. The molecular weight excluding hydrogens is 414 g/mol. The largest absolute Gasteiger partial charge is 0.481 e. The number of nitrogens with zero attached hydrogens (tertiary/aromatic N) is 3. The molecule has 3 rings (SSSR count). The molecule has 0 saturated carbocycles. The average Bonchev–Trinajstić information content (AvgIpc) is 3.11. The van der Waals surface area contributed by atoms with E-state index in [-0.39, 0.29) is 38.5 Å². The zero-order valence-corrected chi connectivity index (χ0v) is 17.2. The smallest absolute Gasteiger partial charge is 0.407 e. The number of hydrogen-bond donors (Lipinski definition) is 3. The number of carboxylic acids is 1. The summed E-state index contributed by atoms with van der Waals surface area (Å²) in [5.41, 5.74) is 12.6. The van der Waals surface area contributed by atoms with E-state index >= 15 is 0 Å². The summed E-state index contributed by atoms with van der Waals surface area (Å²) >= 11 is 0. The maximum atomic E-state index is 12.4. The van der Waals surface area contributed by atoms with E-state index < -0.39 is 24.0 Å². The number of aliphatic carboxylic acids is 1. The fourth-order valence-corrected chi connectivity index (χ4v) is 3.72. The summed E-state index contributed by atoms with van der Waals surface area (Å²) < 4.78 is 5.43. The molecule has 2 aromatic rings. The van der Waals surface area contributed by atoms with Gasteiger partial charge in [-0.1, -0.05) is 53.6 Å². The molecule has 0 bridgehead atoms. The van der Waals surface area contributed by atoms with Gasteiger partial charge in [-0.05, 0) is 34.2 Å². The number of ether oxygens (including phenoxy) is 1. The third kappa shape index (κ3) is 5.55.